The number of aromatic nitrogens is 3. The van der Waals surface area contributed by atoms with E-state index in [4.69, 9.17) is 4.52 Å². The number of nitrogens with one attached hydrogen (secondary N) is 1. The first-order chi connectivity index (χ1) is 9.24. The lowest BCUT2D eigenvalue weighted by Crippen LogP contribution is -2.14. The van der Waals surface area contributed by atoms with Crippen LogP contribution in [-0.2, 0) is 19.4 Å². The zero-order valence-electron chi connectivity index (χ0n) is 11.4. The van der Waals surface area contributed by atoms with Crippen LogP contribution in [0.4, 0.5) is 5.82 Å². The Labute approximate surface area is 112 Å². The van der Waals surface area contributed by atoms with Crippen LogP contribution in [0.3, 0.4) is 0 Å². The number of aryl methyl sites for hydroxylation is 3. The lowest BCUT2D eigenvalue weighted by atomic mass is 9.96. The molecule has 0 bridgehead atoms. The van der Waals surface area contributed by atoms with Crippen molar-refractivity contribution >= 4 is 5.82 Å². The van der Waals surface area contributed by atoms with E-state index in [-0.39, 0.29) is 0 Å². The number of nitrogens with zero attached hydrogens (tertiary/aromatic N) is 3. The summed E-state index contributed by atoms with van der Waals surface area (Å²) < 4.78 is 4.95. The van der Waals surface area contributed by atoms with E-state index < -0.39 is 0 Å². The predicted molar refractivity (Wildman–Crippen MR) is 72.0 cm³/mol. The highest BCUT2D eigenvalue weighted by molar-refractivity contribution is 5.48. The van der Waals surface area contributed by atoms with Crippen LogP contribution < -0.4 is 5.32 Å². The molecule has 2 aromatic heterocycles. The van der Waals surface area contributed by atoms with Crippen molar-refractivity contribution < 1.29 is 4.52 Å². The minimum atomic E-state index is 0.644. The van der Waals surface area contributed by atoms with Gasteiger partial charge in [-0.3, -0.25) is 0 Å². The summed E-state index contributed by atoms with van der Waals surface area (Å²) in [5.41, 5.74) is 4.48. The summed E-state index contributed by atoms with van der Waals surface area (Å²) in [6.45, 7) is 4.58. The van der Waals surface area contributed by atoms with E-state index in [1.54, 1.807) is 6.26 Å². The molecule has 1 aliphatic rings. The summed E-state index contributed by atoms with van der Waals surface area (Å²) in [6, 6.07) is 0. The molecule has 0 atom stereocenters. The predicted octanol–water partition coefficient (Wildman–Crippen LogP) is 2.57. The van der Waals surface area contributed by atoms with Crippen molar-refractivity contribution in [1.82, 2.24) is 15.1 Å². The van der Waals surface area contributed by atoms with Crippen LogP contribution in [-0.4, -0.2) is 15.1 Å². The topological polar surface area (TPSA) is 63.8 Å². The molecule has 0 spiro atoms. The third-order valence-corrected chi connectivity index (χ3v) is 3.57. The van der Waals surface area contributed by atoms with Gasteiger partial charge in [0.1, 0.15) is 23.6 Å². The van der Waals surface area contributed by atoms with Crippen LogP contribution in [0.1, 0.15) is 41.2 Å². The van der Waals surface area contributed by atoms with Gasteiger partial charge in [0.2, 0.25) is 0 Å². The van der Waals surface area contributed by atoms with Crippen LogP contribution in [0.15, 0.2) is 10.8 Å². The van der Waals surface area contributed by atoms with E-state index in [9.17, 15) is 0 Å². The summed E-state index contributed by atoms with van der Waals surface area (Å²) in [4.78, 5) is 9.09. The molecule has 1 N–H and O–H groups in total. The minimum Gasteiger partial charge on any atom is -0.364 e. The Kier molecular flexibility index (Phi) is 3.19. The molecule has 19 heavy (non-hydrogen) atoms. The van der Waals surface area contributed by atoms with Gasteiger partial charge in [0, 0.05) is 16.8 Å². The second-order valence-corrected chi connectivity index (χ2v) is 5.05. The van der Waals surface area contributed by atoms with Gasteiger partial charge in [-0.15, -0.1) is 0 Å². The van der Waals surface area contributed by atoms with Gasteiger partial charge in [-0.2, -0.15) is 0 Å². The van der Waals surface area contributed by atoms with E-state index in [0.29, 0.717) is 6.54 Å². The standard InChI is InChI=1S/C14H18N4O/c1-9-8-19-18-13(9)7-15-14-11-5-3-4-6-12(11)16-10(2)17-14/h8H,3-7H2,1-2H3,(H,15,16,17). The number of fused-ring (bicyclic) bond motifs is 1. The Morgan fingerprint density at radius 3 is 2.84 bits per heavy atom. The maximum Gasteiger partial charge on any atom is 0.133 e. The molecule has 0 fully saturated rings. The summed E-state index contributed by atoms with van der Waals surface area (Å²) in [5, 5.41) is 7.37. The first-order valence-corrected chi connectivity index (χ1v) is 6.74. The SMILES string of the molecule is Cc1nc2c(c(NCc3nocc3C)n1)CCCC2. The Bertz CT molecular complexity index is 591. The number of rotatable bonds is 3. The zero-order chi connectivity index (χ0) is 13.2. The Balaban J connectivity index is 1.84. The van der Waals surface area contributed by atoms with E-state index in [1.807, 2.05) is 13.8 Å². The summed E-state index contributed by atoms with van der Waals surface area (Å²) in [5.74, 6) is 1.80. The quantitative estimate of drug-likeness (QED) is 0.916. The number of hydrogen-bond acceptors (Lipinski definition) is 5. The van der Waals surface area contributed by atoms with Gasteiger partial charge in [-0.1, -0.05) is 5.16 Å². The van der Waals surface area contributed by atoms with Gasteiger partial charge in [0.15, 0.2) is 0 Å². The number of hydrogen-bond donors (Lipinski definition) is 1. The highest BCUT2D eigenvalue weighted by atomic mass is 16.5. The van der Waals surface area contributed by atoms with Gasteiger partial charge in [-0.05, 0) is 39.5 Å². The molecule has 0 saturated heterocycles. The zero-order valence-corrected chi connectivity index (χ0v) is 11.4. The molecule has 0 saturated carbocycles. The van der Waals surface area contributed by atoms with Crippen molar-refractivity contribution in [2.45, 2.75) is 46.1 Å². The van der Waals surface area contributed by atoms with Crippen molar-refractivity contribution in [1.29, 1.82) is 0 Å². The maximum atomic E-state index is 4.95. The van der Waals surface area contributed by atoms with Crippen LogP contribution >= 0.6 is 0 Å². The fourth-order valence-electron chi connectivity index (χ4n) is 2.51. The average Bonchev–Trinajstić information content (AvgIpc) is 2.81. The van der Waals surface area contributed by atoms with E-state index >= 15 is 0 Å². The monoisotopic (exact) mass is 258 g/mol. The highest BCUT2D eigenvalue weighted by Crippen LogP contribution is 2.25. The third-order valence-electron chi connectivity index (χ3n) is 3.57. The van der Waals surface area contributed by atoms with Gasteiger partial charge in [0.25, 0.3) is 0 Å². The van der Waals surface area contributed by atoms with Gasteiger partial charge in [-0.25, -0.2) is 9.97 Å². The highest BCUT2D eigenvalue weighted by Gasteiger charge is 2.17. The molecule has 5 nitrogen and oxygen atoms in total. The van der Waals surface area contributed by atoms with Gasteiger partial charge < -0.3 is 9.84 Å². The molecular weight excluding hydrogens is 240 g/mol. The first-order valence-electron chi connectivity index (χ1n) is 6.74. The van der Waals surface area contributed by atoms with E-state index in [1.165, 1.54) is 24.1 Å². The molecule has 0 aromatic carbocycles. The van der Waals surface area contributed by atoms with Crippen molar-refractivity contribution in [3.63, 3.8) is 0 Å². The largest absolute Gasteiger partial charge is 0.364 e. The molecule has 5 heteroatoms. The molecule has 1 aliphatic carbocycles. The summed E-state index contributed by atoms with van der Waals surface area (Å²) in [6.07, 6.45) is 6.24. The van der Waals surface area contributed by atoms with E-state index in [0.717, 1.165) is 35.7 Å². The van der Waals surface area contributed by atoms with Crippen molar-refractivity contribution in [3.05, 3.63) is 34.6 Å². The Morgan fingerprint density at radius 1 is 1.21 bits per heavy atom. The van der Waals surface area contributed by atoms with Crippen LogP contribution in [0, 0.1) is 13.8 Å². The lowest BCUT2D eigenvalue weighted by molar-refractivity contribution is 0.412. The molecule has 3 rings (SSSR count). The fourth-order valence-corrected chi connectivity index (χ4v) is 2.51. The molecule has 2 aromatic rings. The fraction of sp³-hybridized carbons (Fsp3) is 0.500. The van der Waals surface area contributed by atoms with Crippen LogP contribution in [0.25, 0.3) is 0 Å². The second kappa shape index (κ2) is 4.99. The smallest absolute Gasteiger partial charge is 0.133 e. The summed E-state index contributed by atoms with van der Waals surface area (Å²) >= 11 is 0. The lowest BCUT2D eigenvalue weighted by Gasteiger charge is -2.19. The maximum absolute atomic E-state index is 4.95. The van der Waals surface area contributed by atoms with Gasteiger partial charge >= 0.3 is 0 Å². The second-order valence-electron chi connectivity index (χ2n) is 5.05. The molecule has 0 amide bonds. The molecule has 0 aliphatic heterocycles. The van der Waals surface area contributed by atoms with Crippen LogP contribution in [0.5, 0.6) is 0 Å². The summed E-state index contributed by atoms with van der Waals surface area (Å²) in [7, 11) is 0. The van der Waals surface area contributed by atoms with Crippen molar-refractivity contribution in [2.24, 2.45) is 0 Å². The van der Waals surface area contributed by atoms with Gasteiger partial charge in [0.05, 0.1) is 6.54 Å². The van der Waals surface area contributed by atoms with Crippen molar-refractivity contribution in [3.8, 4) is 0 Å². The molecule has 0 unspecified atom stereocenters. The van der Waals surface area contributed by atoms with E-state index in [2.05, 4.69) is 20.4 Å². The Hall–Kier alpha value is -1.91. The molecular formula is C14H18N4O. The van der Waals surface area contributed by atoms with Crippen LogP contribution in [0.2, 0.25) is 0 Å². The minimum absolute atomic E-state index is 0.644. The third kappa shape index (κ3) is 2.45. The van der Waals surface area contributed by atoms with Crippen molar-refractivity contribution in [2.75, 3.05) is 5.32 Å². The molecule has 2 heterocycles. The molecule has 100 valence electrons. The normalized spacial score (nSPS) is 14.2. The Morgan fingerprint density at radius 2 is 2.05 bits per heavy atom. The molecule has 0 radical (unpaired) electrons. The first kappa shape index (κ1) is 12.1. The average molecular weight is 258 g/mol. The number of anilines is 1.